The van der Waals surface area contributed by atoms with Gasteiger partial charge in [-0.2, -0.15) is 5.26 Å². The maximum Gasteiger partial charge on any atom is 0.329 e. The van der Waals surface area contributed by atoms with Crippen molar-refractivity contribution in [1.29, 1.82) is 5.26 Å². The van der Waals surface area contributed by atoms with Crippen LogP contribution in [0.4, 0.5) is 11.5 Å². The third kappa shape index (κ3) is 3.90. The quantitative estimate of drug-likeness (QED) is 0.651. The van der Waals surface area contributed by atoms with Gasteiger partial charge in [0.1, 0.15) is 11.5 Å². The number of H-pyrrole nitrogens is 1. The maximum absolute atomic E-state index is 13.1. The number of rotatable bonds is 6. The molecule has 4 rings (SSSR count). The van der Waals surface area contributed by atoms with Gasteiger partial charge >= 0.3 is 5.69 Å². The second-order valence-corrected chi connectivity index (χ2v) is 8.32. The van der Waals surface area contributed by atoms with Gasteiger partial charge in [-0.3, -0.25) is 19.2 Å². The second-order valence-electron chi connectivity index (χ2n) is 8.32. The average Bonchev–Trinajstić information content (AvgIpc) is 3.10. The number of methoxy groups -OCH3 is 1. The fourth-order valence-electron chi connectivity index (χ4n) is 4.74. The van der Waals surface area contributed by atoms with Crippen molar-refractivity contribution in [3.05, 3.63) is 56.2 Å². The molecular formula is C22H29N7O3. The van der Waals surface area contributed by atoms with E-state index in [1.807, 2.05) is 28.0 Å². The van der Waals surface area contributed by atoms with E-state index in [4.69, 9.17) is 10.5 Å². The number of hydrogen-bond acceptors (Lipinski definition) is 8. The molecule has 0 spiro atoms. The molecule has 3 N–H and O–H groups in total. The monoisotopic (exact) mass is 439 g/mol. The Hall–Kier alpha value is -3.13. The highest BCUT2D eigenvalue weighted by Crippen LogP contribution is 2.38. The van der Waals surface area contributed by atoms with Gasteiger partial charge < -0.3 is 20.3 Å². The van der Waals surface area contributed by atoms with Gasteiger partial charge in [-0.1, -0.05) is 18.2 Å². The topological polar surface area (TPSA) is 124 Å². The number of nitrogens with zero attached hydrogens (tertiary/aromatic N) is 5. The Morgan fingerprint density at radius 3 is 2.78 bits per heavy atom. The summed E-state index contributed by atoms with van der Waals surface area (Å²) in [6.45, 7) is 2.76. The van der Waals surface area contributed by atoms with Crippen molar-refractivity contribution in [3.8, 4) is 6.07 Å². The summed E-state index contributed by atoms with van der Waals surface area (Å²) >= 11 is 0. The number of anilines is 2. The Labute approximate surface area is 186 Å². The number of ether oxygens (including phenoxy) is 1. The molecule has 2 aliphatic rings. The number of aromatic nitrogens is 2. The first-order chi connectivity index (χ1) is 15.5. The molecule has 10 nitrogen and oxygen atoms in total. The number of hydrogen-bond donors (Lipinski definition) is 2. The van der Waals surface area contributed by atoms with Crippen molar-refractivity contribution in [2.45, 2.75) is 31.7 Å². The molecular weight excluding hydrogens is 410 g/mol. The van der Waals surface area contributed by atoms with E-state index in [0.717, 1.165) is 24.9 Å². The van der Waals surface area contributed by atoms with E-state index in [0.29, 0.717) is 43.3 Å². The molecule has 2 aromatic rings. The van der Waals surface area contributed by atoms with E-state index in [1.54, 1.807) is 20.2 Å². The predicted molar refractivity (Wildman–Crippen MR) is 121 cm³/mol. The Balaban J connectivity index is 1.87. The summed E-state index contributed by atoms with van der Waals surface area (Å²) in [5, 5.41) is 9.60. The lowest BCUT2D eigenvalue weighted by molar-refractivity contribution is 0.134. The third-order valence-corrected chi connectivity index (χ3v) is 6.22. The summed E-state index contributed by atoms with van der Waals surface area (Å²) in [7, 11) is 3.28. The zero-order valence-electron chi connectivity index (χ0n) is 18.5. The molecule has 1 aromatic heterocycles. The van der Waals surface area contributed by atoms with Crippen molar-refractivity contribution < 1.29 is 4.74 Å². The van der Waals surface area contributed by atoms with Crippen LogP contribution < -0.4 is 26.8 Å². The van der Waals surface area contributed by atoms with Crippen LogP contribution in [0.3, 0.4) is 0 Å². The number of nitrogens with one attached hydrogen (secondary N) is 1. The summed E-state index contributed by atoms with van der Waals surface area (Å²) < 4.78 is 6.82. The largest absolute Gasteiger partial charge is 0.383 e. The van der Waals surface area contributed by atoms with Crippen LogP contribution in [0.15, 0.2) is 33.9 Å². The van der Waals surface area contributed by atoms with Crippen LogP contribution in [0, 0.1) is 11.3 Å². The predicted octanol–water partition coefficient (Wildman–Crippen LogP) is 0.125. The number of piperidine rings is 1. The number of likely N-dealkylation sites (tertiary alicyclic amines) is 1. The maximum atomic E-state index is 13.1. The van der Waals surface area contributed by atoms with E-state index in [2.05, 4.69) is 16.0 Å². The number of nitriles is 1. The number of fused-ring (bicyclic) bond motifs is 1. The minimum absolute atomic E-state index is 0.0343. The van der Waals surface area contributed by atoms with Gasteiger partial charge in [0.2, 0.25) is 0 Å². The molecule has 170 valence electrons. The molecule has 32 heavy (non-hydrogen) atoms. The van der Waals surface area contributed by atoms with Crippen LogP contribution in [0.2, 0.25) is 0 Å². The Bertz CT molecular complexity index is 1140. The van der Waals surface area contributed by atoms with Gasteiger partial charge in [-0.15, -0.1) is 0 Å². The number of benzene rings is 1. The molecule has 1 fully saturated rings. The molecule has 10 heteroatoms. The fraction of sp³-hybridized carbons (Fsp3) is 0.500. The van der Waals surface area contributed by atoms with E-state index >= 15 is 0 Å². The van der Waals surface area contributed by atoms with Crippen LogP contribution >= 0.6 is 0 Å². The van der Waals surface area contributed by atoms with Gasteiger partial charge in [0.05, 0.1) is 18.2 Å². The first-order valence-corrected chi connectivity index (χ1v) is 10.8. The zero-order chi connectivity index (χ0) is 22.8. The van der Waals surface area contributed by atoms with Gasteiger partial charge in [0.25, 0.3) is 5.56 Å². The number of nitrogens with two attached hydrogens (primary N) is 1. The standard InChI is InChI=1S/C22H29N7O3/c1-26-20-18(19(30)25-21(26)31)29(13-16-7-4-3-6-15(16)12-23)22(28(20)10-11-32-2)27-9-5-8-17(24)14-27/h3-4,6-7,17,22H,5,8-11,13-14,24H2,1-2H3,(H,25,30,31). The molecule has 0 aliphatic carbocycles. The lowest BCUT2D eigenvalue weighted by Gasteiger charge is -2.43. The van der Waals surface area contributed by atoms with Gasteiger partial charge in [-0.05, 0) is 24.5 Å². The molecule has 0 bridgehead atoms. The van der Waals surface area contributed by atoms with Crippen molar-refractivity contribution in [2.24, 2.45) is 12.8 Å². The summed E-state index contributed by atoms with van der Waals surface area (Å²) in [5.74, 6) is 0.550. The molecule has 3 heterocycles. The van der Waals surface area contributed by atoms with Crippen molar-refractivity contribution >= 4 is 11.5 Å². The van der Waals surface area contributed by atoms with Crippen LogP contribution in [-0.2, 0) is 18.3 Å². The first kappa shape index (κ1) is 22.1. The fourth-order valence-corrected chi connectivity index (χ4v) is 4.74. The van der Waals surface area contributed by atoms with Crippen LogP contribution in [-0.4, -0.2) is 60.1 Å². The average molecular weight is 440 g/mol. The van der Waals surface area contributed by atoms with E-state index in [9.17, 15) is 14.9 Å². The van der Waals surface area contributed by atoms with Gasteiger partial charge in [0.15, 0.2) is 6.29 Å². The highest BCUT2D eigenvalue weighted by atomic mass is 16.5. The molecule has 0 saturated carbocycles. The van der Waals surface area contributed by atoms with E-state index < -0.39 is 11.2 Å². The van der Waals surface area contributed by atoms with Crippen molar-refractivity contribution in [3.63, 3.8) is 0 Å². The van der Waals surface area contributed by atoms with E-state index in [1.165, 1.54) is 4.57 Å². The Morgan fingerprint density at radius 1 is 1.28 bits per heavy atom. The summed E-state index contributed by atoms with van der Waals surface area (Å²) in [6, 6.07) is 9.64. The minimum Gasteiger partial charge on any atom is -0.383 e. The smallest absolute Gasteiger partial charge is 0.329 e. The summed E-state index contributed by atoms with van der Waals surface area (Å²) in [4.78, 5) is 34.3. The van der Waals surface area contributed by atoms with Gasteiger partial charge in [0, 0.05) is 46.4 Å². The normalized spacial score (nSPS) is 20.9. The van der Waals surface area contributed by atoms with Gasteiger partial charge in [-0.25, -0.2) is 4.79 Å². The molecule has 2 aliphatic heterocycles. The first-order valence-electron chi connectivity index (χ1n) is 10.8. The highest BCUT2D eigenvalue weighted by molar-refractivity contribution is 5.73. The lowest BCUT2D eigenvalue weighted by Crippen LogP contribution is -2.60. The molecule has 0 radical (unpaired) electrons. The second kappa shape index (κ2) is 9.16. The molecule has 0 amide bonds. The van der Waals surface area contributed by atoms with E-state index in [-0.39, 0.29) is 12.3 Å². The zero-order valence-corrected chi connectivity index (χ0v) is 18.5. The van der Waals surface area contributed by atoms with Crippen LogP contribution in [0.5, 0.6) is 0 Å². The van der Waals surface area contributed by atoms with Crippen LogP contribution in [0.25, 0.3) is 0 Å². The molecule has 2 atom stereocenters. The lowest BCUT2D eigenvalue weighted by atomic mass is 10.1. The van der Waals surface area contributed by atoms with Crippen molar-refractivity contribution in [1.82, 2.24) is 14.5 Å². The summed E-state index contributed by atoms with van der Waals surface area (Å²) in [6.07, 6.45) is 1.57. The Morgan fingerprint density at radius 2 is 2.06 bits per heavy atom. The number of aromatic amines is 1. The molecule has 1 aromatic carbocycles. The third-order valence-electron chi connectivity index (χ3n) is 6.22. The van der Waals surface area contributed by atoms with Crippen molar-refractivity contribution in [2.75, 3.05) is 43.2 Å². The Kier molecular flexibility index (Phi) is 6.32. The molecule has 2 unspecified atom stereocenters. The minimum atomic E-state index is -0.468. The molecule has 1 saturated heterocycles. The SMILES string of the molecule is COCCN1c2c(c(=O)[nH]c(=O)n2C)N(Cc2ccccc2C#N)C1N1CCCC(N)C1. The highest BCUT2D eigenvalue weighted by Gasteiger charge is 2.44. The van der Waals surface area contributed by atoms with Crippen LogP contribution in [0.1, 0.15) is 24.0 Å². The summed E-state index contributed by atoms with van der Waals surface area (Å²) in [5.41, 5.74) is 7.18.